The van der Waals surface area contributed by atoms with Gasteiger partial charge in [-0.15, -0.1) is 0 Å². The molecule has 2 aromatic rings. The molecule has 3 aliphatic rings. The van der Waals surface area contributed by atoms with Crippen molar-refractivity contribution in [3.05, 3.63) is 17.3 Å². The first kappa shape index (κ1) is 24.3. The maximum Gasteiger partial charge on any atom is 0.227 e. The van der Waals surface area contributed by atoms with E-state index in [0.717, 1.165) is 36.9 Å². The predicted octanol–water partition coefficient (Wildman–Crippen LogP) is 2.91. The zero-order valence-corrected chi connectivity index (χ0v) is 21.4. The topological polar surface area (TPSA) is 134 Å². The van der Waals surface area contributed by atoms with Crippen molar-refractivity contribution in [2.24, 2.45) is 0 Å². The number of hydrogen-bond donors (Lipinski definition) is 3. The summed E-state index contributed by atoms with van der Waals surface area (Å²) in [5, 5.41) is 13.7. The van der Waals surface area contributed by atoms with Crippen LogP contribution < -0.4 is 15.4 Å². The van der Waals surface area contributed by atoms with Crippen LogP contribution in [0.3, 0.4) is 0 Å². The summed E-state index contributed by atoms with van der Waals surface area (Å²) in [6.45, 7) is 4.86. The van der Waals surface area contributed by atoms with Gasteiger partial charge in [0.1, 0.15) is 11.9 Å². The molecule has 0 radical (unpaired) electrons. The minimum atomic E-state index is -3.27. The number of hydrogen-bond acceptors (Lipinski definition) is 9. The Morgan fingerprint density at radius 3 is 2.60 bits per heavy atom. The lowest BCUT2D eigenvalue weighted by Crippen LogP contribution is -2.54. The fourth-order valence-electron chi connectivity index (χ4n) is 5.66. The van der Waals surface area contributed by atoms with Gasteiger partial charge in [0.15, 0.2) is 5.82 Å². The summed E-state index contributed by atoms with van der Waals surface area (Å²) < 4.78 is 39.6. The highest BCUT2D eigenvalue weighted by atomic mass is 32.2. The fraction of sp³-hybridized carbons (Fsp3) is 0.696. The van der Waals surface area contributed by atoms with E-state index < -0.39 is 10.0 Å². The average Bonchev–Trinajstić information content (AvgIpc) is 3.49. The number of aryl methyl sites for hydroxylation is 1. The molecule has 0 saturated carbocycles. The second kappa shape index (κ2) is 9.90. The Kier molecular flexibility index (Phi) is 6.86. The number of aromatic amines is 1. The standard InChI is InChI=1S/C23H35N7O4S/c1-4-35(31,32)30-16-6-5-7-17(30)12-15(11-16)20-21(25-19-10-14(2)28-29-19)26-23(24-3)27-22(20)34-18-8-9-33-13-18/h10,15-18H,4-9,11-13H2,1-3H3,(H3,24,25,26,27,28,29)/t15-,16-,17+,18-/m0/s1. The third kappa shape index (κ3) is 4.96. The average molecular weight is 506 g/mol. The molecule has 0 spiro atoms. The Morgan fingerprint density at radius 2 is 2.00 bits per heavy atom. The van der Waals surface area contributed by atoms with Gasteiger partial charge in [-0.2, -0.15) is 19.4 Å². The molecule has 3 saturated heterocycles. The van der Waals surface area contributed by atoms with E-state index in [1.54, 1.807) is 18.3 Å². The van der Waals surface area contributed by atoms with Crippen LogP contribution in [0.5, 0.6) is 5.88 Å². The van der Waals surface area contributed by atoms with Gasteiger partial charge >= 0.3 is 0 Å². The van der Waals surface area contributed by atoms with Crippen LogP contribution in [0.25, 0.3) is 0 Å². The minimum absolute atomic E-state index is 0.0235. The molecule has 12 heteroatoms. The Hall–Kier alpha value is -2.44. The number of anilines is 3. The number of nitrogens with one attached hydrogen (secondary N) is 3. The van der Waals surface area contributed by atoms with Crippen LogP contribution in [-0.4, -0.2) is 77.1 Å². The number of sulfonamides is 1. The molecule has 11 nitrogen and oxygen atoms in total. The summed E-state index contributed by atoms with van der Waals surface area (Å²) in [7, 11) is -1.49. The molecule has 0 aromatic carbocycles. The number of rotatable bonds is 8. The van der Waals surface area contributed by atoms with Crippen LogP contribution in [0.2, 0.25) is 0 Å². The zero-order chi connectivity index (χ0) is 24.6. The molecule has 5 heterocycles. The van der Waals surface area contributed by atoms with Crippen LogP contribution in [-0.2, 0) is 14.8 Å². The predicted molar refractivity (Wildman–Crippen MR) is 133 cm³/mol. The first-order valence-corrected chi connectivity index (χ1v) is 14.1. The maximum atomic E-state index is 12.9. The molecule has 0 amide bonds. The molecular weight excluding hydrogens is 470 g/mol. The van der Waals surface area contributed by atoms with Crippen LogP contribution in [0.1, 0.15) is 62.6 Å². The molecule has 192 valence electrons. The molecule has 3 aliphatic heterocycles. The highest BCUT2D eigenvalue weighted by Crippen LogP contribution is 2.47. The van der Waals surface area contributed by atoms with Crippen LogP contribution >= 0.6 is 0 Å². The quantitative estimate of drug-likeness (QED) is 0.495. The van der Waals surface area contributed by atoms with Gasteiger partial charge < -0.3 is 20.1 Å². The number of fused-ring (bicyclic) bond motifs is 2. The van der Waals surface area contributed by atoms with Gasteiger partial charge in [-0.25, -0.2) is 8.42 Å². The van der Waals surface area contributed by atoms with E-state index in [0.29, 0.717) is 49.5 Å². The third-order valence-electron chi connectivity index (χ3n) is 7.25. The Labute approximate surface area is 206 Å². The summed E-state index contributed by atoms with van der Waals surface area (Å²) in [6, 6.07) is 1.87. The van der Waals surface area contributed by atoms with Gasteiger partial charge in [-0.1, -0.05) is 6.42 Å². The first-order chi connectivity index (χ1) is 16.9. The van der Waals surface area contributed by atoms with Gasteiger partial charge in [-0.3, -0.25) is 5.10 Å². The van der Waals surface area contributed by atoms with Crippen molar-refractivity contribution >= 4 is 27.6 Å². The minimum Gasteiger partial charge on any atom is -0.471 e. The monoisotopic (exact) mass is 505 g/mol. The van der Waals surface area contributed by atoms with Crippen molar-refractivity contribution in [1.82, 2.24) is 24.5 Å². The molecule has 5 rings (SSSR count). The Morgan fingerprint density at radius 1 is 1.23 bits per heavy atom. The van der Waals surface area contributed by atoms with Crippen LogP contribution in [0.4, 0.5) is 17.6 Å². The Balaban J connectivity index is 1.55. The summed E-state index contributed by atoms with van der Waals surface area (Å²) in [5.41, 5.74) is 1.83. The van der Waals surface area contributed by atoms with Crippen LogP contribution in [0.15, 0.2) is 6.07 Å². The number of nitrogens with zero attached hydrogens (tertiary/aromatic N) is 4. The van der Waals surface area contributed by atoms with E-state index >= 15 is 0 Å². The molecule has 0 unspecified atom stereocenters. The summed E-state index contributed by atoms with van der Waals surface area (Å²) in [4.78, 5) is 9.47. The smallest absolute Gasteiger partial charge is 0.227 e. The number of H-pyrrole nitrogens is 1. The summed E-state index contributed by atoms with van der Waals surface area (Å²) >= 11 is 0. The number of aromatic nitrogens is 4. The number of ether oxygens (including phenoxy) is 2. The van der Waals surface area contributed by atoms with Crippen molar-refractivity contribution in [3.8, 4) is 5.88 Å². The molecule has 2 aromatic heterocycles. The maximum absolute atomic E-state index is 12.9. The van der Waals surface area contributed by atoms with Crippen molar-refractivity contribution < 1.29 is 17.9 Å². The first-order valence-electron chi connectivity index (χ1n) is 12.5. The highest BCUT2D eigenvalue weighted by Gasteiger charge is 2.45. The van der Waals surface area contributed by atoms with Gasteiger partial charge in [0.2, 0.25) is 21.9 Å². The van der Waals surface area contributed by atoms with E-state index in [1.807, 2.05) is 13.0 Å². The molecular formula is C23H35N7O4S. The summed E-state index contributed by atoms with van der Waals surface area (Å²) in [5.74, 6) is 2.46. The molecule has 0 aliphatic carbocycles. The second-order valence-electron chi connectivity index (χ2n) is 9.67. The van der Waals surface area contributed by atoms with E-state index in [-0.39, 0.29) is 29.9 Å². The largest absolute Gasteiger partial charge is 0.471 e. The van der Waals surface area contributed by atoms with Gasteiger partial charge in [0, 0.05) is 37.3 Å². The molecule has 4 atom stereocenters. The van der Waals surface area contributed by atoms with E-state index in [4.69, 9.17) is 19.4 Å². The zero-order valence-electron chi connectivity index (χ0n) is 20.6. The lowest BCUT2D eigenvalue weighted by molar-refractivity contribution is 0.106. The van der Waals surface area contributed by atoms with Crippen molar-refractivity contribution in [2.45, 2.75) is 76.5 Å². The van der Waals surface area contributed by atoms with Gasteiger partial charge in [0.05, 0.1) is 24.5 Å². The molecule has 2 bridgehead atoms. The highest BCUT2D eigenvalue weighted by molar-refractivity contribution is 7.89. The van der Waals surface area contributed by atoms with Crippen molar-refractivity contribution in [1.29, 1.82) is 0 Å². The molecule has 35 heavy (non-hydrogen) atoms. The molecule has 3 fully saturated rings. The van der Waals surface area contributed by atoms with Crippen molar-refractivity contribution in [3.63, 3.8) is 0 Å². The van der Waals surface area contributed by atoms with E-state index in [1.165, 1.54) is 0 Å². The van der Waals surface area contributed by atoms with Gasteiger partial charge in [0.25, 0.3) is 0 Å². The third-order valence-corrected chi connectivity index (χ3v) is 9.22. The van der Waals surface area contributed by atoms with Crippen LogP contribution in [0, 0.1) is 6.92 Å². The van der Waals surface area contributed by atoms with Crippen molar-refractivity contribution in [2.75, 3.05) is 36.6 Å². The van der Waals surface area contributed by atoms with E-state index in [9.17, 15) is 8.42 Å². The SMILES string of the molecule is CCS(=O)(=O)N1[C@@H]2CCC[C@H]1C[C@H](c1c(Nc3cc(C)[nH]n3)nc(NC)nc1O[C@H]1CCOC1)C2. The fourth-order valence-corrected chi connectivity index (χ4v) is 7.25. The normalized spacial score (nSPS) is 27.1. The lowest BCUT2D eigenvalue weighted by Gasteiger charge is -2.48. The summed E-state index contributed by atoms with van der Waals surface area (Å²) in [6.07, 6.45) is 4.94. The second-order valence-corrected chi connectivity index (χ2v) is 11.8. The number of piperidine rings is 2. The molecule has 3 N–H and O–H groups in total. The Bertz CT molecular complexity index is 1130. The van der Waals surface area contributed by atoms with Gasteiger partial charge in [-0.05, 0) is 45.4 Å². The van der Waals surface area contributed by atoms with E-state index in [2.05, 4.69) is 20.8 Å². The lowest BCUT2D eigenvalue weighted by atomic mass is 9.77.